The van der Waals surface area contributed by atoms with Crippen molar-refractivity contribution in [2.24, 2.45) is 10.2 Å². The van der Waals surface area contributed by atoms with Gasteiger partial charge >= 0.3 is 0 Å². The van der Waals surface area contributed by atoms with Gasteiger partial charge in [0, 0.05) is 24.9 Å². The number of benzene rings is 1. The maximum atomic E-state index is 10.8. The normalized spacial score (nSPS) is 19.8. The third kappa shape index (κ3) is 4.43. The van der Waals surface area contributed by atoms with Crippen LogP contribution in [0, 0.1) is 10.1 Å². The van der Waals surface area contributed by atoms with Crippen LogP contribution < -0.4 is 4.74 Å². The molecule has 134 valence electrons. The van der Waals surface area contributed by atoms with E-state index in [2.05, 4.69) is 41.1 Å². The van der Waals surface area contributed by atoms with Gasteiger partial charge in [-0.2, -0.15) is 10.2 Å². The third-order valence-electron chi connectivity index (χ3n) is 4.23. The Labute approximate surface area is 147 Å². The molecule has 7 nitrogen and oxygen atoms in total. The summed E-state index contributed by atoms with van der Waals surface area (Å²) in [7, 11) is 1.46. The number of azo groups is 1. The molecule has 1 aliphatic carbocycles. The van der Waals surface area contributed by atoms with Crippen LogP contribution in [0.15, 0.2) is 52.4 Å². The molecular formula is C18H24N4O3. The Morgan fingerprint density at radius 2 is 2.08 bits per heavy atom. The van der Waals surface area contributed by atoms with Gasteiger partial charge in [-0.05, 0) is 39.3 Å². The molecule has 0 aliphatic heterocycles. The van der Waals surface area contributed by atoms with Gasteiger partial charge in [0.2, 0.25) is 0 Å². The Morgan fingerprint density at radius 1 is 1.36 bits per heavy atom. The highest BCUT2D eigenvalue weighted by molar-refractivity contribution is 5.56. The van der Waals surface area contributed by atoms with E-state index in [0.29, 0.717) is 11.4 Å². The molecule has 2 rings (SSSR count). The van der Waals surface area contributed by atoms with Crippen molar-refractivity contribution in [3.63, 3.8) is 0 Å². The number of rotatable bonds is 7. The lowest BCUT2D eigenvalue weighted by molar-refractivity contribution is -0.384. The van der Waals surface area contributed by atoms with E-state index in [4.69, 9.17) is 4.74 Å². The number of non-ortho nitro benzene ring substituents is 1. The summed E-state index contributed by atoms with van der Waals surface area (Å²) >= 11 is 0. The lowest BCUT2D eigenvalue weighted by Crippen LogP contribution is -2.26. The molecule has 0 spiro atoms. The van der Waals surface area contributed by atoms with Crippen LogP contribution >= 0.6 is 0 Å². The number of ether oxygens (including phenoxy) is 1. The standard InChI is InChI=1S/C18H24N4O3/c1-5-21(6-2)14-9-11-18(3,12-10-14)20-19-16-8-7-15(22(23)24)13-17(16)25-4/h7-11,13H,5-6,12H2,1-4H3. The van der Waals surface area contributed by atoms with Crippen LogP contribution in [0.1, 0.15) is 27.2 Å². The topological polar surface area (TPSA) is 80.3 Å². The fraction of sp³-hybridized carbons (Fsp3) is 0.444. The first-order valence-electron chi connectivity index (χ1n) is 8.32. The van der Waals surface area contributed by atoms with Crippen molar-refractivity contribution in [3.8, 4) is 5.75 Å². The molecule has 0 fully saturated rings. The van der Waals surface area contributed by atoms with Crippen molar-refractivity contribution in [2.75, 3.05) is 20.2 Å². The van der Waals surface area contributed by atoms with Crippen molar-refractivity contribution < 1.29 is 9.66 Å². The minimum Gasteiger partial charge on any atom is -0.494 e. The largest absolute Gasteiger partial charge is 0.494 e. The Morgan fingerprint density at radius 3 is 2.60 bits per heavy atom. The molecule has 0 saturated carbocycles. The van der Waals surface area contributed by atoms with Crippen LogP contribution in [0.25, 0.3) is 0 Å². The minimum absolute atomic E-state index is 0.0358. The Bertz CT molecular complexity index is 723. The summed E-state index contributed by atoms with van der Waals surface area (Å²) in [4.78, 5) is 12.7. The van der Waals surface area contributed by atoms with Crippen molar-refractivity contribution in [2.45, 2.75) is 32.7 Å². The Balaban J connectivity index is 2.17. The van der Waals surface area contributed by atoms with E-state index in [-0.39, 0.29) is 5.69 Å². The van der Waals surface area contributed by atoms with Crippen LogP contribution in [0.2, 0.25) is 0 Å². The van der Waals surface area contributed by atoms with Crippen molar-refractivity contribution in [1.29, 1.82) is 0 Å². The SMILES string of the molecule is CCN(CC)C1=CCC(C)(N=Nc2ccc([N+](=O)[O-])cc2OC)C=C1. The van der Waals surface area contributed by atoms with Crippen molar-refractivity contribution in [1.82, 2.24) is 4.90 Å². The fourth-order valence-corrected chi connectivity index (χ4v) is 2.64. The zero-order valence-corrected chi connectivity index (χ0v) is 15.1. The monoisotopic (exact) mass is 344 g/mol. The summed E-state index contributed by atoms with van der Waals surface area (Å²) < 4.78 is 5.19. The van der Waals surface area contributed by atoms with Gasteiger partial charge in [-0.3, -0.25) is 10.1 Å². The van der Waals surface area contributed by atoms with Gasteiger partial charge < -0.3 is 9.64 Å². The summed E-state index contributed by atoms with van der Waals surface area (Å²) in [5.74, 6) is 0.334. The molecule has 0 aromatic heterocycles. The van der Waals surface area contributed by atoms with Crippen LogP contribution in [0.4, 0.5) is 11.4 Å². The molecular weight excluding hydrogens is 320 g/mol. The van der Waals surface area contributed by atoms with Crippen molar-refractivity contribution >= 4 is 11.4 Å². The highest BCUT2D eigenvalue weighted by Gasteiger charge is 2.23. The highest BCUT2D eigenvalue weighted by atomic mass is 16.6. The second kappa shape index (κ2) is 7.92. The smallest absolute Gasteiger partial charge is 0.273 e. The number of nitro benzene ring substituents is 1. The number of likely N-dealkylation sites (N-methyl/N-ethyl adjacent to an activating group) is 1. The molecule has 0 radical (unpaired) electrons. The quantitative estimate of drug-likeness (QED) is 0.410. The molecule has 1 aromatic carbocycles. The number of nitrogens with zero attached hydrogens (tertiary/aromatic N) is 4. The van der Waals surface area contributed by atoms with E-state index in [1.54, 1.807) is 6.07 Å². The molecule has 7 heteroatoms. The van der Waals surface area contributed by atoms with E-state index >= 15 is 0 Å². The van der Waals surface area contributed by atoms with Gasteiger partial charge in [0.15, 0.2) is 5.75 Å². The molecule has 25 heavy (non-hydrogen) atoms. The first-order valence-corrected chi connectivity index (χ1v) is 8.32. The average molecular weight is 344 g/mol. The predicted molar refractivity (Wildman–Crippen MR) is 97.3 cm³/mol. The summed E-state index contributed by atoms with van der Waals surface area (Å²) in [5.41, 5.74) is 1.20. The molecule has 0 amide bonds. The van der Waals surface area contributed by atoms with E-state index in [9.17, 15) is 10.1 Å². The summed E-state index contributed by atoms with van der Waals surface area (Å²) in [6.07, 6.45) is 7.03. The molecule has 0 saturated heterocycles. The molecule has 1 aromatic rings. The van der Waals surface area contributed by atoms with Gasteiger partial charge in [-0.15, -0.1) is 0 Å². The zero-order chi connectivity index (χ0) is 18.4. The highest BCUT2D eigenvalue weighted by Crippen LogP contribution is 2.34. The van der Waals surface area contributed by atoms with E-state index < -0.39 is 10.5 Å². The van der Waals surface area contributed by atoms with Gasteiger partial charge in [-0.1, -0.05) is 12.2 Å². The second-order valence-electron chi connectivity index (χ2n) is 6.01. The van der Waals surface area contributed by atoms with Crippen molar-refractivity contribution in [3.05, 3.63) is 52.2 Å². The number of allylic oxidation sites excluding steroid dienone is 1. The molecule has 0 bridgehead atoms. The maximum Gasteiger partial charge on any atom is 0.273 e. The lowest BCUT2D eigenvalue weighted by atomic mass is 9.93. The number of hydrogen-bond acceptors (Lipinski definition) is 6. The molecule has 1 unspecified atom stereocenters. The lowest BCUT2D eigenvalue weighted by Gasteiger charge is -2.28. The molecule has 1 atom stereocenters. The van der Waals surface area contributed by atoms with Gasteiger partial charge in [-0.25, -0.2) is 0 Å². The number of nitro groups is 1. The molecule has 1 aliphatic rings. The van der Waals surface area contributed by atoms with Crippen LogP contribution in [-0.4, -0.2) is 35.6 Å². The summed E-state index contributed by atoms with van der Waals surface area (Å²) in [6.45, 7) is 8.19. The van der Waals surface area contributed by atoms with E-state index in [1.165, 1.54) is 24.9 Å². The minimum atomic E-state index is -0.464. The maximum absolute atomic E-state index is 10.8. The third-order valence-corrected chi connectivity index (χ3v) is 4.23. The van der Waals surface area contributed by atoms with Crippen LogP contribution in [-0.2, 0) is 0 Å². The Hall–Kier alpha value is -2.70. The fourth-order valence-electron chi connectivity index (χ4n) is 2.64. The van der Waals surface area contributed by atoms with Crippen LogP contribution in [0.3, 0.4) is 0 Å². The predicted octanol–water partition coefficient (Wildman–Crippen LogP) is 4.63. The molecule has 0 N–H and O–H groups in total. The van der Waals surface area contributed by atoms with E-state index in [0.717, 1.165) is 19.5 Å². The van der Waals surface area contributed by atoms with Gasteiger partial charge in [0.1, 0.15) is 11.2 Å². The zero-order valence-electron chi connectivity index (χ0n) is 15.1. The van der Waals surface area contributed by atoms with Crippen LogP contribution in [0.5, 0.6) is 5.75 Å². The van der Waals surface area contributed by atoms with E-state index in [1.807, 2.05) is 13.0 Å². The van der Waals surface area contributed by atoms with Gasteiger partial charge in [0.05, 0.1) is 18.1 Å². The number of methoxy groups -OCH3 is 1. The Kier molecular flexibility index (Phi) is 5.90. The first kappa shape index (κ1) is 18.6. The second-order valence-corrected chi connectivity index (χ2v) is 6.01. The van der Waals surface area contributed by atoms with Gasteiger partial charge in [0.25, 0.3) is 5.69 Å². The number of hydrogen-bond donors (Lipinski definition) is 0. The summed E-state index contributed by atoms with van der Waals surface area (Å²) in [6, 6.07) is 4.30. The first-order chi connectivity index (χ1) is 11.9. The summed E-state index contributed by atoms with van der Waals surface area (Å²) in [5, 5.41) is 19.6. The average Bonchev–Trinajstić information content (AvgIpc) is 2.62. The molecule has 0 heterocycles.